The molecule has 0 amide bonds. The van der Waals surface area contributed by atoms with E-state index in [2.05, 4.69) is 11.9 Å². The fourth-order valence-corrected chi connectivity index (χ4v) is 2.88. The molecular formula is C21H32N2O5. The van der Waals surface area contributed by atoms with Crippen molar-refractivity contribution in [1.29, 1.82) is 0 Å². The van der Waals surface area contributed by atoms with Crippen molar-refractivity contribution in [2.24, 2.45) is 11.8 Å². The molecule has 7 heteroatoms. The van der Waals surface area contributed by atoms with E-state index in [1.165, 1.54) is 30.4 Å². The maximum Gasteiger partial charge on any atom is 0.419 e. The minimum absolute atomic E-state index is 0.0558. The molecular weight excluding hydrogens is 360 g/mol. The Kier molecular flexibility index (Phi) is 10.2. The van der Waals surface area contributed by atoms with E-state index >= 15 is 0 Å². The van der Waals surface area contributed by atoms with Gasteiger partial charge in [-0.1, -0.05) is 26.7 Å². The summed E-state index contributed by atoms with van der Waals surface area (Å²) in [5, 5.41) is 0. The van der Waals surface area contributed by atoms with Gasteiger partial charge in [-0.25, -0.2) is 14.3 Å². The van der Waals surface area contributed by atoms with Crippen LogP contribution in [-0.2, 0) is 19.1 Å². The zero-order valence-corrected chi connectivity index (χ0v) is 17.5. The lowest BCUT2D eigenvalue weighted by molar-refractivity contribution is -0.145. The molecule has 3 unspecified atom stereocenters. The van der Waals surface area contributed by atoms with Crippen molar-refractivity contribution in [2.45, 2.75) is 65.9 Å². The average Bonchev–Trinajstić information content (AvgIpc) is 3.19. The molecule has 0 saturated carbocycles. The average molecular weight is 392 g/mol. The summed E-state index contributed by atoms with van der Waals surface area (Å²) in [5.41, 5.74) is 0.595. The normalized spacial score (nSPS) is 14.8. The Morgan fingerprint density at radius 1 is 1.14 bits per heavy atom. The molecule has 0 aromatic carbocycles. The second-order valence-corrected chi connectivity index (χ2v) is 7.33. The minimum Gasteiger partial charge on any atom is -0.469 e. The summed E-state index contributed by atoms with van der Waals surface area (Å²) in [6.07, 6.45) is 8.94. The maximum atomic E-state index is 12.3. The van der Waals surface area contributed by atoms with Gasteiger partial charge in [0, 0.05) is 18.8 Å². The Bertz CT molecular complexity index is 666. The van der Waals surface area contributed by atoms with Crippen LogP contribution in [0, 0.1) is 11.8 Å². The first-order chi connectivity index (χ1) is 13.2. The number of imidazole rings is 1. The van der Waals surface area contributed by atoms with Gasteiger partial charge in [0.2, 0.25) is 0 Å². The highest BCUT2D eigenvalue weighted by atomic mass is 16.6. The van der Waals surface area contributed by atoms with Crippen molar-refractivity contribution in [3.05, 3.63) is 30.4 Å². The highest BCUT2D eigenvalue weighted by molar-refractivity contribution is 5.94. The van der Waals surface area contributed by atoms with Crippen molar-refractivity contribution in [3.8, 4) is 0 Å². The van der Waals surface area contributed by atoms with Gasteiger partial charge in [-0.15, -0.1) is 0 Å². The van der Waals surface area contributed by atoms with Crippen LogP contribution in [0.3, 0.4) is 0 Å². The second kappa shape index (κ2) is 12.1. The van der Waals surface area contributed by atoms with Crippen LogP contribution in [0.15, 0.2) is 30.4 Å². The SMILES string of the molecule is COC(=O)C(C)CCCC(C)CCC(=O)/C(C)=C/C(C)OC(=O)n1ccnc1. The van der Waals surface area contributed by atoms with Crippen LogP contribution in [-0.4, -0.2) is 40.6 Å². The number of rotatable bonds is 11. The number of aromatic nitrogens is 2. The van der Waals surface area contributed by atoms with Gasteiger partial charge in [-0.3, -0.25) is 9.59 Å². The lowest BCUT2D eigenvalue weighted by atomic mass is 9.93. The Morgan fingerprint density at radius 2 is 1.86 bits per heavy atom. The highest BCUT2D eigenvalue weighted by Crippen LogP contribution is 2.19. The second-order valence-electron chi connectivity index (χ2n) is 7.33. The number of hydrogen-bond donors (Lipinski definition) is 0. The number of hydrogen-bond acceptors (Lipinski definition) is 6. The monoisotopic (exact) mass is 392 g/mol. The van der Waals surface area contributed by atoms with E-state index in [0.29, 0.717) is 17.9 Å². The Labute approximate surface area is 167 Å². The third-order valence-electron chi connectivity index (χ3n) is 4.73. The predicted octanol–water partition coefficient (Wildman–Crippen LogP) is 4.17. The van der Waals surface area contributed by atoms with Gasteiger partial charge >= 0.3 is 12.1 Å². The third-order valence-corrected chi connectivity index (χ3v) is 4.73. The third kappa shape index (κ3) is 8.50. The van der Waals surface area contributed by atoms with Crippen LogP contribution in [0.25, 0.3) is 0 Å². The van der Waals surface area contributed by atoms with Crippen LogP contribution in [0.1, 0.15) is 59.8 Å². The van der Waals surface area contributed by atoms with Crippen molar-refractivity contribution in [1.82, 2.24) is 9.55 Å². The highest BCUT2D eigenvalue weighted by Gasteiger charge is 2.15. The number of ketones is 1. The van der Waals surface area contributed by atoms with Gasteiger partial charge in [-0.05, 0) is 44.3 Å². The van der Waals surface area contributed by atoms with Crippen LogP contribution < -0.4 is 0 Å². The standard InChI is InChI=1S/C21H32N2O5/c1-15(7-6-8-16(2)20(25)27-5)9-10-19(24)17(3)13-18(4)28-21(26)23-12-11-22-14-23/h11-16,18H,6-10H2,1-5H3/b17-13+. The number of Topliss-reactive ketones (excluding diaryl/α,β-unsaturated/α-hetero) is 1. The number of allylic oxidation sites excluding steroid dienone is 1. The van der Waals surface area contributed by atoms with E-state index in [1.54, 1.807) is 19.9 Å². The van der Waals surface area contributed by atoms with E-state index in [-0.39, 0.29) is 17.7 Å². The van der Waals surface area contributed by atoms with Crippen molar-refractivity contribution in [2.75, 3.05) is 7.11 Å². The zero-order chi connectivity index (χ0) is 21.1. The van der Waals surface area contributed by atoms with E-state index in [9.17, 15) is 14.4 Å². The molecule has 0 aliphatic carbocycles. The molecule has 0 radical (unpaired) electrons. The van der Waals surface area contributed by atoms with E-state index < -0.39 is 12.2 Å². The predicted molar refractivity (Wildman–Crippen MR) is 106 cm³/mol. The van der Waals surface area contributed by atoms with Gasteiger partial charge in [0.15, 0.2) is 5.78 Å². The summed E-state index contributed by atoms with van der Waals surface area (Å²) in [7, 11) is 1.41. The van der Waals surface area contributed by atoms with Crippen LogP contribution in [0.4, 0.5) is 4.79 Å². The van der Waals surface area contributed by atoms with Crippen molar-refractivity contribution in [3.63, 3.8) is 0 Å². The lowest BCUT2D eigenvalue weighted by Gasteiger charge is -2.13. The van der Waals surface area contributed by atoms with Crippen LogP contribution in [0.5, 0.6) is 0 Å². The number of methoxy groups -OCH3 is 1. The maximum absolute atomic E-state index is 12.3. The first kappa shape index (κ1) is 23.6. The molecule has 0 bridgehead atoms. The quantitative estimate of drug-likeness (QED) is 0.415. The summed E-state index contributed by atoms with van der Waals surface area (Å²) in [6, 6.07) is 0. The largest absolute Gasteiger partial charge is 0.469 e. The molecule has 1 rings (SSSR count). The molecule has 1 aromatic rings. The topological polar surface area (TPSA) is 87.5 Å². The molecule has 1 aromatic heterocycles. The Hall–Kier alpha value is -2.44. The fraction of sp³-hybridized carbons (Fsp3) is 0.619. The molecule has 0 saturated heterocycles. The first-order valence-electron chi connectivity index (χ1n) is 9.73. The number of carbonyl (C=O) groups excluding carboxylic acids is 3. The Balaban J connectivity index is 2.33. The van der Waals surface area contributed by atoms with Gasteiger partial charge in [-0.2, -0.15) is 0 Å². The van der Waals surface area contributed by atoms with E-state index in [0.717, 1.165) is 25.7 Å². The number of esters is 1. The summed E-state index contributed by atoms with van der Waals surface area (Å²) in [5.74, 6) is 0.195. The van der Waals surface area contributed by atoms with Crippen LogP contribution >= 0.6 is 0 Å². The molecule has 0 aliphatic heterocycles. The van der Waals surface area contributed by atoms with Crippen molar-refractivity contribution < 1.29 is 23.9 Å². The fourth-order valence-electron chi connectivity index (χ4n) is 2.88. The van der Waals surface area contributed by atoms with Gasteiger partial charge in [0.05, 0.1) is 13.0 Å². The molecule has 0 spiro atoms. The van der Waals surface area contributed by atoms with E-state index in [1.807, 2.05) is 6.92 Å². The smallest absolute Gasteiger partial charge is 0.419 e. The number of ether oxygens (including phenoxy) is 2. The van der Waals surface area contributed by atoms with Crippen LogP contribution in [0.2, 0.25) is 0 Å². The number of carbonyl (C=O) groups is 3. The Morgan fingerprint density at radius 3 is 2.46 bits per heavy atom. The van der Waals surface area contributed by atoms with E-state index in [4.69, 9.17) is 9.47 Å². The van der Waals surface area contributed by atoms with Crippen molar-refractivity contribution >= 4 is 17.8 Å². The molecule has 1 heterocycles. The summed E-state index contributed by atoms with van der Waals surface area (Å²) >= 11 is 0. The summed E-state index contributed by atoms with van der Waals surface area (Å²) in [6.45, 7) is 7.45. The zero-order valence-electron chi connectivity index (χ0n) is 17.5. The molecule has 0 fully saturated rings. The van der Waals surface area contributed by atoms with Gasteiger partial charge < -0.3 is 9.47 Å². The molecule has 7 nitrogen and oxygen atoms in total. The minimum atomic E-state index is -0.531. The van der Waals surface area contributed by atoms with Gasteiger partial charge in [0.1, 0.15) is 12.4 Å². The molecule has 0 N–H and O–H groups in total. The molecule has 156 valence electrons. The summed E-state index contributed by atoms with van der Waals surface area (Å²) in [4.78, 5) is 39.4. The van der Waals surface area contributed by atoms with Gasteiger partial charge in [0.25, 0.3) is 0 Å². The first-order valence-corrected chi connectivity index (χ1v) is 9.73. The lowest BCUT2D eigenvalue weighted by Crippen LogP contribution is -2.18. The summed E-state index contributed by atoms with van der Waals surface area (Å²) < 4.78 is 11.2. The molecule has 28 heavy (non-hydrogen) atoms. The molecule has 3 atom stereocenters. The molecule has 0 aliphatic rings. The number of nitrogens with zero attached hydrogens (tertiary/aromatic N) is 2.